The Bertz CT molecular complexity index is 1320. The summed E-state index contributed by atoms with van der Waals surface area (Å²) in [6.45, 7) is 3.60. The van der Waals surface area contributed by atoms with Gasteiger partial charge in [-0.2, -0.15) is 10.2 Å². The van der Waals surface area contributed by atoms with Gasteiger partial charge in [0.25, 0.3) is 11.8 Å². The molecule has 0 aliphatic carbocycles. The second-order valence-corrected chi connectivity index (χ2v) is 10.6. The summed E-state index contributed by atoms with van der Waals surface area (Å²) in [4.78, 5) is 27.7. The zero-order valence-corrected chi connectivity index (χ0v) is 22.6. The van der Waals surface area contributed by atoms with Gasteiger partial charge in [-0.25, -0.2) is 10.0 Å². The Labute approximate surface area is 225 Å². The number of amides is 2. The van der Waals surface area contributed by atoms with E-state index < -0.39 is 17.8 Å². The van der Waals surface area contributed by atoms with Gasteiger partial charge in [-0.15, -0.1) is 0 Å². The van der Waals surface area contributed by atoms with E-state index >= 15 is 0 Å². The highest BCUT2D eigenvalue weighted by atomic mass is 79.9. The van der Waals surface area contributed by atoms with E-state index in [-0.39, 0.29) is 17.6 Å². The molecular formula is C27H22Br2N4O3. The molecule has 5 rings (SSSR count). The van der Waals surface area contributed by atoms with Crippen LogP contribution in [0.15, 0.2) is 91.9 Å². The number of hydrazone groups is 2. The fourth-order valence-corrected chi connectivity index (χ4v) is 5.36. The van der Waals surface area contributed by atoms with Crippen molar-refractivity contribution in [2.45, 2.75) is 19.8 Å². The molecule has 2 heterocycles. The van der Waals surface area contributed by atoms with E-state index in [0.717, 1.165) is 8.95 Å². The number of anilines is 2. The Morgan fingerprint density at radius 3 is 1.61 bits per heavy atom. The molecule has 9 heteroatoms. The number of nitrogens with zero attached hydrogens (tertiary/aromatic N) is 4. The van der Waals surface area contributed by atoms with Crippen molar-refractivity contribution in [1.82, 2.24) is 0 Å². The molecule has 0 saturated carbocycles. The number of carbonyl (C=O) groups excluding carboxylic acids is 2. The summed E-state index contributed by atoms with van der Waals surface area (Å²) in [7, 11) is 0. The molecule has 2 aliphatic heterocycles. The molecule has 0 radical (unpaired) electrons. The lowest BCUT2D eigenvalue weighted by molar-refractivity contribution is -0.122. The third kappa shape index (κ3) is 4.37. The van der Waals surface area contributed by atoms with E-state index in [1.807, 2.05) is 54.6 Å². The molecule has 7 nitrogen and oxygen atoms in total. The summed E-state index contributed by atoms with van der Waals surface area (Å²) in [5, 5.41) is 22.2. The number of halogens is 2. The van der Waals surface area contributed by atoms with Crippen molar-refractivity contribution in [2.24, 2.45) is 22.0 Å². The summed E-state index contributed by atoms with van der Waals surface area (Å²) in [6, 6.07) is 21.4. The maximum absolute atomic E-state index is 13.8. The molecular weight excluding hydrogens is 588 g/mol. The minimum Gasteiger partial charge on any atom is -0.508 e. The van der Waals surface area contributed by atoms with Crippen LogP contribution in [-0.4, -0.2) is 28.3 Å². The molecule has 0 bridgehead atoms. The van der Waals surface area contributed by atoms with Crippen LogP contribution in [0.5, 0.6) is 5.75 Å². The number of phenols is 1. The highest BCUT2D eigenvalue weighted by molar-refractivity contribution is 9.10. The lowest BCUT2D eigenvalue weighted by Crippen LogP contribution is -2.40. The zero-order valence-electron chi connectivity index (χ0n) is 19.5. The fraction of sp³-hybridized carbons (Fsp3) is 0.185. The van der Waals surface area contributed by atoms with Crippen LogP contribution < -0.4 is 10.0 Å². The Kier molecular flexibility index (Phi) is 6.53. The van der Waals surface area contributed by atoms with E-state index in [1.165, 1.54) is 10.0 Å². The van der Waals surface area contributed by atoms with Gasteiger partial charge in [-0.05, 0) is 80.1 Å². The average molecular weight is 610 g/mol. The van der Waals surface area contributed by atoms with Crippen LogP contribution >= 0.6 is 31.9 Å². The average Bonchev–Trinajstić information content (AvgIpc) is 3.31. The smallest absolute Gasteiger partial charge is 0.256 e. The summed E-state index contributed by atoms with van der Waals surface area (Å²) in [5.41, 5.74) is 3.14. The maximum Gasteiger partial charge on any atom is 0.256 e. The van der Waals surface area contributed by atoms with E-state index in [2.05, 4.69) is 42.1 Å². The predicted molar refractivity (Wildman–Crippen MR) is 147 cm³/mol. The van der Waals surface area contributed by atoms with Gasteiger partial charge in [0.1, 0.15) is 5.75 Å². The fourth-order valence-electron chi connectivity index (χ4n) is 4.83. The highest BCUT2D eigenvalue weighted by Crippen LogP contribution is 2.43. The van der Waals surface area contributed by atoms with E-state index in [4.69, 9.17) is 0 Å². The van der Waals surface area contributed by atoms with Crippen molar-refractivity contribution in [3.63, 3.8) is 0 Å². The normalized spacial score (nSPS) is 19.8. The molecule has 3 aromatic carbocycles. The van der Waals surface area contributed by atoms with Gasteiger partial charge < -0.3 is 5.11 Å². The Morgan fingerprint density at radius 1 is 0.750 bits per heavy atom. The van der Waals surface area contributed by atoms with Crippen LogP contribution in [0.4, 0.5) is 11.4 Å². The lowest BCUT2D eigenvalue weighted by atomic mass is 9.73. The van der Waals surface area contributed by atoms with Crippen molar-refractivity contribution in [3.8, 4) is 5.75 Å². The van der Waals surface area contributed by atoms with Gasteiger partial charge in [0, 0.05) is 26.3 Å². The van der Waals surface area contributed by atoms with Crippen LogP contribution in [0.25, 0.3) is 0 Å². The van der Waals surface area contributed by atoms with Crippen molar-refractivity contribution in [1.29, 1.82) is 0 Å². The molecule has 0 saturated heterocycles. The number of rotatable bonds is 5. The Morgan fingerprint density at radius 2 is 1.19 bits per heavy atom. The Hall–Kier alpha value is -3.30. The first-order valence-corrected chi connectivity index (χ1v) is 12.9. The molecule has 1 N–H and O–H groups in total. The monoisotopic (exact) mass is 608 g/mol. The molecule has 2 atom stereocenters. The van der Waals surface area contributed by atoms with Gasteiger partial charge in [0.15, 0.2) is 0 Å². The molecule has 182 valence electrons. The van der Waals surface area contributed by atoms with Gasteiger partial charge in [-0.1, -0.05) is 44.0 Å². The van der Waals surface area contributed by atoms with Crippen LogP contribution in [0.2, 0.25) is 0 Å². The van der Waals surface area contributed by atoms with Crippen molar-refractivity contribution in [3.05, 3.63) is 87.3 Å². The SMILES string of the molecule is CC1=NN(c2ccc(Br)cc2)C(=O)[C@@H]1C(c1cccc(O)c1)[C@H]1C(=O)N(c2ccc(Br)cc2)N=C1C. The van der Waals surface area contributed by atoms with Gasteiger partial charge >= 0.3 is 0 Å². The number of hydrogen-bond acceptors (Lipinski definition) is 5. The summed E-state index contributed by atoms with van der Waals surface area (Å²) < 4.78 is 1.79. The summed E-state index contributed by atoms with van der Waals surface area (Å²) >= 11 is 6.84. The number of benzene rings is 3. The third-order valence-corrected chi connectivity index (χ3v) is 7.54. The maximum atomic E-state index is 13.8. The van der Waals surface area contributed by atoms with Crippen molar-refractivity contribution < 1.29 is 14.7 Å². The summed E-state index contributed by atoms with van der Waals surface area (Å²) in [6.07, 6.45) is 0. The van der Waals surface area contributed by atoms with Crippen LogP contribution in [0.3, 0.4) is 0 Å². The first-order chi connectivity index (χ1) is 17.2. The number of hydrogen-bond donors (Lipinski definition) is 1. The Balaban J connectivity index is 1.56. The van der Waals surface area contributed by atoms with E-state index in [0.29, 0.717) is 28.4 Å². The predicted octanol–water partition coefficient (Wildman–Crippen LogP) is 6.08. The standard InChI is InChI=1S/C27H22Br2N4O3/c1-15-23(26(35)32(30-15)20-10-6-18(28)7-11-20)25(17-4-3-5-22(34)14-17)24-16(2)31-33(27(24)36)21-12-8-19(29)9-13-21/h3-14,23-25,34H,1-2H3/t23-,24-/m0/s1. The van der Waals surface area contributed by atoms with Crippen molar-refractivity contribution in [2.75, 3.05) is 10.0 Å². The largest absolute Gasteiger partial charge is 0.508 e. The highest BCUT2D eigenvalue weighted by Gasteiger charge is 2.50. The third-order valence-electron chi connectivity index (χ3n) is 6.48. The molecule has 0 fully saturated rings. The summed E-state index contributed by atoms with van der Waals surface area (Å²) in [5.74, 6) is -2.42. The van der Waals surface area contributed by atoms with Crippen LogP contribution in [0.1, 0.15) is 25.3 Å². The van der Waals surface area contributed by atoms with Gasteiger partial charge in [0.05, 0.1) is 23.2 Å². The quantitative estimate of drug-likeness (QED) is 0.380. The molecule has 36 heavy (non-hydrogen) atoms. The molecule has 0 spiro atoms. The van der Waals surface area contributed by atoms with Gasteiger partial charge in [-0.3, -0.25) is 9.59 Å². The number of aromatic hydroxyl groups is 1. The van der Waals surface area contributed by atoms with Crippen LogP contribution in [0, 0.1) is 11.8 Å². The van der Waals surface area contributed by atoms with E-state index in [1.54, 1.807) is 32.0 Å². The molecule has 2 aliphatic rings. The molecule has 3 aromatic rings. The second-order valence-electron chi connectivity index (χ2n) is 8.81. The lowest BCUT2D eigenvalue weighted by Gasteiger charge is -2.28. The molecule has 0 aromatic heterocycles. The number of phenolic OH excluding ortho intramolecular Hbond substituents is 1. The topological polar surface area (TPSA) is 85.6 Å². The minimum atomic E-state index is -0.709. The van der Waals surface area contributed by atoms with Crippen LogP contribution in [-0.2, 0) is 9.59 Å². The first-order valence-electron chi connectivity index (χ1n) is 11.3. The van der Waals surface area contributed by atoms with E-state index in [9.17, 15) is 14.7 Å². The second kappa shape index (κ2) is 9.63. The van der Waals surface area contributed by atoms with Crippen molar-refractivity contribution >= 4 is 66.5 Å². The molecule has 2 amide bonds. The first kappa shape index (κ1) is 24.4. The molecule has 0 unspecified atom stereocenters. The minimum absolute atomic E-state index is 0.0621. The zero-order chi connectivity index (χ0) is 25.6. The van der Waals surface area contributed by atoms with Gasteiger partial charge in [0.2, 0.25) is 0 Å². The number of carbonyl (C=O) groups is 2.